The Morgan fingerprint density at radius 1 is 1.29 bits per heavy atom. The zero-order valence-electron chi connectivity index (χ0n) is 9.11. The Bertz CT molecular complexity index is 479. The molecule has 2 rings (SSSR count). The van der Waals surface area contributed by atoms with Crippen LogP contribution in [0.5, 0.6) is 0 Å². The van der Waals surface area contributed by atoms with Gasteiger partial charge in [0.1, 0.15) is 5.82 Å². The number of carbonyl (C=O) groups excluding carboxylic acids is 1. The highest BCUT2D eigenvalue weighted by atomic mass is 19.1. The second-order valence-corrected chi connectivity index (χ2v) is 3.66. The minimum absolute atomic E-state index is 0.105. The summed E-state index contributed by atoms with van der Waals surface area (Å²) in [5, 5.41) is 9.27. The third-order valence-corrected chi connectivity index (χ3v) is 2.31. The SMILES string of the molecule is O=C(Cc1ccc(F)cc1)NCc1ccn[nH]1. The highest BCUT2D eigenvalue weighted by Crippen LogP contribution is 2.03. The topological polar surface area (TPSA) is 57.8 Å². The molecule has 0 radical (unpaired) electrons. The van der Waals surface area contributed by atoms with Crippen molar-refractivity contribution in [2.75, 3.05) is 0 Å². The van der Waals surface area contributed by atoms with Crippen LogP contribution < -0.4 is 5.32 Å². The zero-order chi connectivity index (χ0) is 12.1. The number of rotatable bonds is 4. The molecule has 2 aromatic rings. The number of halogens is 1. The van der Waals surface area contributed by atoms with Crippen molar-refractivity contribution >= 4 is 5.91 Å². The largest absolute Gasteiger partial charge is 0.350 e. The molecule has 88 valence electrons. The molecule has 1 heterocycles. The van der Waals surface area contributed by atoms with E-state index < -0.39 is 0 Å². The Morgan fingerprint density at radius 3 is 2.71 bits per heavy atom. The lowest BCUT2D eigenvalue weighted by Gasteiger charge is -2.03. The molecule has 0 fully saturated rings. The number of aromatic amines is 1. The van der Waals surface area contributed by atoms with E-state index in [0.29, 0.717) is 6.54 Å². The summed E-state index contributed by atoms with van der Waals surface area (Å²) in [6.45, 7) is 0.417. The Morgan fingerprint density at radius 2 is 2.06 bits per heavy atom. The number of benzene rings is 1. The summed E-state index contributed by atoms with van der Waals surface area (Å²) in [6, 6.07) is 7.68. The highest BCUT2D eigenvalue weighted by Gasteiger charge is 2.03. The summed E-state index contributed by atoms with van der Waals surface area (Å²) in [4.78, 5) is 11.6. The first-order chi connectivity index (χ1) is 8.24. The van der Waals surface area contributed by atoms with Gasteiger partial charge in [-0.25, -0.2) is 4.39 Å². The van der Waals surface area contributed by atoms with Crippen LogP contribution in [0.25, 0.3) is 0 Å². The van der Waals surface area contributed by atoms with E-state index in [1.54, 1.807) is 24.4 Å². The van der Waals surface area contributed by atoms with Crippen LogP contribution in [-0.2, 0) is 17.8 Å². The van der Waals surface area contributed by atoms with Gasteiger partial charge in [-0.05, 0) is 23.8 Å². The number of hydrogen-bond acceptors (Lipinski definition) is 2. The lowest BCUT2D eigenvalue weighted by Crippen LogP contribution is -2.24. The fourth-order valence-corrected chi connectivity index (χ4v) is 1.43. The number of carbonyl (C=O) groups is 1. The lowest BCUT2D eigenvalue weighted by molar-refractivity contribution is -0.120. The van der Waals surface area contributed by atoms with Crippen LogP contribution in [0.3, 0.4) is 0 Å². The minimum atomic E-state index is -0.299. The van der Waals surface area contributed by atoms with Crippen molar-refractivity contribution in [3.05, 3.63) is 53.6 Å². The molecular weight excluding hydrogens is 221 g/mol. The van der Waals surface area contributed by atoms with Gasteiger partial charge in [0.05, 0.1) is 18.7 Å². The zero-order valence-corrected chi connectivity index (χ0v) is 9.11. The molecule has 0 saturated carbocycles. The van der Waals surface area contributed by atoms with Gasteiger partial charge in [-0.15, -0.1) is 0 Å². The molecule has 0 spiro atoms. The molecule has 0 unspecified atom stereocenters. The van der Waals surface area contributed by atoms with E-state index in [2.05, 4.69) is 15.5 Å². The van der Waals surface area contributed by atoms with Crippen molar-refractivity contribution in [3.63, 3.8) is 0 Å². The normalized spacial score (nSPS) is 10.2. The van der Waals surface area contributed by atoms with Crippen molar-refractivity contribution in [2.45, 2.75) is 13.0 Å². The minimum Gasteiger partial charge on any atom is -0.350 e. The number of H-pyrrole nitrogens is 1. The third kappa shape index (κ3) is 3.41. The van der Waals surface area contributed by atoms with Crippen LogP contribution in [0.4, 0.5) is 4.39 Å². The predicted molar refractivity (Wildman–Crippen MR) is 60.5 cm³/mol. The summed E-state index contributed by atoms with van der Waals surface area (Å²) in [5.41, 5.74) is 1.63. The molecule has 17 heavy (non-hydrogen) atoms. The summed E-state index contributed by atoms with van der Waals surface area (Å²) in [5.74, 6) is -0.405. The molecule has 0 aliphatic heterocycles. The molecule has 1 aromatic heterocycles. The Kier molecular flexibility index (Phi) is 3.49. The Balaban J connectivity index is 1.83. The monoisotopic (exact) mass is 233 g/mol. The maximum absolute atomic E-state index is 12.6. The molecule has 0 saturated heterocycles. The summed E-state index contributed by atoms with van der Waals surface area (Å²) in [6.07, 6.45) is 1.87. The maximum atomic E-state index is 12.6. The van der Waals surface area contributed by atoms with Gasteiger partial charge in [-0.2, -0.15) is 5.10 Å². The van der Waals surface area contributed by atoms with Gasteiger partial charge in [-0.3, -0.25) is 9.89 Å². The quantitative estimate of drug-likeness (QED) is 0.838. The summed E-state index contributed by atoms with van der Waals surface area (Å²) >= 11 is 0. The van der Waals surface area contributed by atoms with Crippen molar-refractivity contribution in [3.8, 4) is 0 Å². The number of nitrogens with one attached hydrogen (secondary N) is 2. The van der Waals surface area contributed by atoms with Gasteiger partial charge in [0.15, 0.2) is 0 Å². The summed E-state index contributed by atoms with van der Waals surface area (Å²) in [7, 11) is 0. The van der Waals surface area contributed by atoms with Crippen LogP contribution in [0.15, 0.2) is 36.5 Å². The molecule has 0 aliphatic rings. The summed E-state index contributed by atoms with van der Waals surface area (Å²) < 4.78 is 12.6. The molecule has 0 bridgehead atoms. The molecule has 1 aromatic carbocycles. The van der Waals surface area contributed by atoms with Gasteiger partial charge >= 0.3 is 0 Å². The second-order valence-electron chi connectivity index (χ2n) is 3.66. The van der Waals surface area contributed by atoms with Gasteiger partial charge in [0, 0.05) is 6.20 Å². The molecular formula is C12H12FN3O. The van der Waals surface area contributed by atoms with Crippen LogP contribution in [0.1, 0.15) is 11.3 Å². The van der Waals surface area contributed by atoms with E-state index >= 15 is 0 Å². The molecule has 0 aliphatic carbocycles. The van der Waals surface area contributed by atoms with Crippen LogP contribution >= 0.6 is 0 Å². The Hall–Kier alpha value is -2.17. The van der Waals surface area contributed by atoms with Crippen molar-refractivity contribution < 1.29 is 9.18 Å². The number of aromatic nitrogens is 2. The molecule has 0 atom stereocenters. The van der Waals surface area contributed by atoms with E-state index in [4.69, 9.17) is 0 Å². The van der Waals surface area contributed by atoms with Crippen LogP contribution in [-0.4, -0.2) is 16.1 Å². The average Bonchev–Trinajstić information content (AvgIpc) is 2.83. The van der Waals surface area contributed by atoms with Gasteiger partial charge in [-0.1, -0.05) is 12.1 Å². The third-order valence-electron chi connectivity index (χ3n) is 2.31. The molecule has 4 nitrogen and oxygen atoms in total. The van der Waals surface area contributed by atoms with E-state index in [9.17, 15) is 9.18 Å². The first kappa shape index (κ1) is 11.3. The van der Waals surface area contributed by atoms with E-state index in [1.165, 1.54) is 12.1 Å². The van der Waals surface area contributed by atoms with Crippen molar-refractivity contribution in [1.82, 2.24) is 15.5 Å². The van der Waals surface area contributed by atoms with E-state index in [-0.39, 0.29) is 18.1 Å². The Labute approximate surface area is 97.9 Å². The first-order valence-electron chi connectivity index (χ1n) is 5.23. The second kappa shape index (κ2) is 5.25. The van der Waals surface area contributed by atoms with E-state index in [0.717, 1.165) is 11.3 Å². The van der Waals surface area contributed by atoms with Crippen molar-refractivity contribution in [1.29, 1.82) is 0 Å². The van der Waals surface area contributed by atoms with Crippen LogP contribution in [0, 0.1) is 5.82 Å². The molecule has 1 amide bonds. The van der Waals surface area contributed by atoms with E-state index in [1.807, 2.05) is 0 Å². The smallest absolute Gasteiger partial charge is 0.224 e. The number of amides is 1. The number of hydrogen-bond donors (Lipinski definition) is 2. The van der Waals surface area contributed by atoms with Gasteiger partial charge in [0.25, 0.3) is 0 Å². The predicted octanol–water partition coefficient (Wildman–Crippen LogP) is 1.41. The molecule has 2 N–H and O–H groups in total. The molecule has 5 heteroatoms. The van der Waals surface area contributed by atoms with Gasteiger partial charge < -0.3 is 5.32 Å². The highest BCUT2D eigenvalue weighted by molar-refractivity contribution is 5.78. The maximum Gasteiger partial charge on any atom is 0.224 e. The fraction of sp³-hybridized carbons (Fsp3) is 0.167. The number of nitrogens with zero attached hydrogens (tertiary/aromatic N) is 1. The fourth-order valence-electron chi connectivity index (χ4n) is 1.43. The standard InChI is InChI=1S/C12H12FN3O/c13-10-3-1-9(2-4-10)7-12(17)14-8-11-5-6-15-16-11/h1-6H,7-8H2,(H,14,17)(H,15,16). The lowest BCUT2D eigenvalue weighted by atomic mass is 10.1. The first-order valence-corrected chi connectivity index (χ1v) is 5.23. The van der Waals surface area contributed by atoms with Gasteiger partial charge in [0.2, 0.25) is 5.91 Å². The average molecular weight is 233 g/mol. The van der Waals surface area contributed by atoms with Crippen LogP contribution in [0.2, 0.25) is 0 Å². The van der Waals surface area contributed by atoms with Crippen molar-refractivity contribution in [2.24, 2.45) is 0 Å².